The Labute approximate surface area is 130 Å². The lowest BCUT2D eigenvalue weighted by atomic mass is 10.1. The number of hydrogen-bond acceptors (Lipinski definition) is 3. The van der Waals surface area contributed by atoms with Gasteiger partial charge in [0.2, 0.25) is 0 Å². The van der Waals surface area contributed by atoms with E-state index in [4.69, 9.17) is 5.26 Å². The number of carbonyl (C=O) groups is 1. The molecule has 1 atom stereocenters. The number of hydrogen-bond donors (Lipinski definition) is 1. The Kier molecular flexibility index (Phi) is 16.4. The molecule has 0 radical (unpaired) electrons. The molecule has 0 aromatic heterocycles. The fraction of sp³-hybridized carbons (Fsp3) is 0.722. The van der Waals surface area contributed by atoms with Gasteiger partial charge in [-0.1, -0.05) is 69.8 Å². The Hall–Kier alpha value is -0.930. The first-order valence-electron chi connectivity index (χ1n) is 8.42. The van der Waals surface area contributed by atoms with Gasteiger partial charge in [0, 0.05) is 6.42 Å². The van der Waals surface area contributed by atoms with E-state index in [0.29, 0.717) is 6.42 Å². The fourth-order valence-electron chi connectivity index (χ4n) is 2.16. The Morgan fingerprint density at radius 1 is 0.952 bits per heavy atom. The lowest BCUT2D eigenvalue weighted by Gasteiger charge is -2.07. The Balaban J connectivity index is 3.58. The van der Waals surface area contributed by atoms with E-state index in [1.54, 1.807) is 0 Å². The van der Waals surface area contributed by atoms with Gasteiger partial charge in [-0.05, 0) is 25.7 Å². The maximum atomic E-state index is 10.2. The third-order valence-corrected chi connectivity index (χ3v) is 3.49. The largest absolute Gasteiger partial charge is 0.303 e. The van der Waals surface area contributed by atoms with Crippen LogP contribution in [0.2, 0.25) is 0 Å². The first-order valence-corrected chi connectivity index (χ1v) is 8.42. The molecule has 0 aliphatic heterocycles. The van der Waals surface area contributed by atoms with Crippen molar-refractivity contribution in [2.45, 2.75) is 83.7 Å². The van der Waals surface area contributed by atoms with Crippen LogP contribution >= 0.6 is 0 Å². The molecule has 0 rings (SSSR count). The highest BCUT2D eigenvalue weighted by molar-refractivity contribution is 5.48. The molecule has 3 heteroatoms. The quantitative estimate of drug-likeness (QED) is 0.143. The van der Waals surface area contributed by atoms with Gasteiger partial charge in [0.15, 0.2) is 0 Å². The standard InChI is InChI=1S/C18H32O3/c1-2-3-4-5-6-9-12-15-18(21-20)16-13-10-7-8-11-14-17-19/h6,9,12,15,17-18,20H,2-5,7-8,10-11,13-14,16H2,1H3/b9-6-,15-12+. The second kappa shape index (κ2) is 17.1. The predicted octanol–water partition coefficient (Wildman–Crippen LogP) is 5.47. The molecule has 21 heavy (non-hydrogen) atoms. The van der Waals surface area contributed by atoms with E-state index in [-0.39, 0.29) is 6.10 Å². The third-order valence-electron chi connectivity index (χ3n) is 3.49. The van der Waals surface area contributed by atoms with Gasteiger partial charge in [-0.25, -0.2) is 4.89 Å². The minimum absolute atomic E-state index is 0.208. The molecule has 0 fully saturated rings. The number of allylic oxidation sites excluding steroid dienone is 3. The van der Waals surface area contributed by atoms with E-state index in [0.717, 1.165) is 51.2 Å². The van der Waals surface area contributed by atoms with Crippen molar-refractivity contribution in [1.82, 2.24) is 0 Å². The minimum Gasteiger partial charge on any atom is -0.303 e. The van der Waals surface area contributed by atoms with Crippen LogP contribution in [0.1, 0.15) is 77.6 Å². The first kappa shape index (κ1) is 20.1. The summed E-state index contributed by atoms with van der Waals surface area (Å²) in [6.45, 7) is 2.20. The summed E-state index contributed by atoms with van der Waals surface area (Å²) < 4.78 is 0. The maximum absolute atomic E-state index is 10.2. The summed E-state index contributed by atoms with van der Waals surface area (Å²) >= 11 is 0. The number of unbranched alkanes of at least 4 members (excludes halogenated alkanes) is 8. The second-order valence-electron chi connectivity index (χ2n) is 5.46. The molecule has 0 heterocycles. The van der Waals surface area contributed by atoms with Crippen LogP contribution in [0.25, 0.3) is 0 Å². The molecule has 122 valence electrons. The van der Waals surface area contributed by atoms with E-state index in [2.05, 4.69) is 17.9 Å². The zero-order valence-electron chi connectivity index (χ0n) is 13.5. The van der Waals surface area contributed by atoms with Crippen molar-refractivity contribution < 1.29 is 14.9 Å². The first-order chi connectivity index (χ1) is 10.3. The summed E-state index contributed by atoms with van der Waals surface area (Å²) in [5, 5.41) is 8.86. The van der Waals surface area contributed by atoms with E-state index in [1.165, 1.54) is 19.3 Å². The Morgan fingerprint density at radius 3 is 2.38 bits per heavy atom. The van der Waals surface area contributed by atoms with Crippen LogP contribution in [-0.4, -0.2) is 17.6 Å². The molecule has 0 bridgehead atoms. The SMILES string of the molecule is CCCCC/C=C\C=C\C(CCCCCCCC=O)OO. The fourth-order valence-corrected chi connectivity index (χ4v) is 2.16. The topological polar surface area (TPSA) is 46.5 Å². The van der Waals surface area contributed by atoms with E-state index in [1.807, 2.05) is 18.2 Å². The van der Waals surface area contributed by atoms with Gasteiger partial charge in [-0.2, -0.15) is 0 Å². The van der Waals surface area contributed by atoms with E-state index < -0.39 is 0 Å². The molecule has 3 nitrogen and oxygen atoms in total. The average molecular weight is 296 g/mol. The zero-order chi connectivity index (χ0) is 15.6. The minimum atomic E-state index is -0.208. The molecule has 1 unspecified atom stereocenters. The second-order valence-corrected chi connectivity index (χ2v) is 5.46. The van der Waals surface area contributed by atoms with Gasteiger partial charge in [-0.15, -0.1) is 0 Å². The van der Waals surface area contributed by atoms with Crippen LogP contribution in [0.15, 0.2) is 24.3 Å². The summed E-state index contributed by atoms with van der Waals surface area (Å²) in [4.78, 5) is 14.6. The third kappa shape index (κ3) is 15.3. The van der Waals surface area contributed by atoms with Crippen LogP contribution in [0.5, 0.6) is 0 Å². The van der Waals surface area contributed by atoms with Crippen LogP contribution in [0, 0.1) is 0 Å². The summed E-state index contributed by atoms with van der Waals surface area (Å²) in [6, 6.07) is 0. The van der Waals surface area contributed by atoms with Gasteiger partial charge < -0.3 is 4.79 Å². The molecule has 1 N–H and O–H groups in total. The average Bonchev–Trinajstić information content (AvgIpc) is 2.51. The van der Waals surface area contributed by atoms with Crippen molar-refractivity contribution in [3.63, 3.8) is 0 Å². The Morgan fingerprint density at radius 2 is 1.67 bits per heavy atom. The van der Waals surface area contributed by atoms with Crippen molar-refractivity contribution in [2.24, 2.45) is 0 Å². The van der Waals surface area contributed by atoms with Crippen molar-refractivity contribution in [2.75, 3.05) is 0 Å². The van der Waals surface area contributed by atoms with E-state index in [9.17, 15) is 4.79 Å². The number of rotatable bonds is 15. The van der Waals surface area contributed by atoms with Crippen molar-refractivity contribution in [3.8, 4) is 0 Å². The molecule has 0 aliphatic rings. The monoisotopic (exact) mass is 296 g/mol. The van der Waals surface area contributed by atoms with Crippen molar-refractivity contribution in [1.29, 1.82) is 0 Å². The highest BCUT2D eigenvalue weighted by Gasteiger charge is 2.03. The van der Waals surface area contributed by atoms with Gasteiger partial charge in [0.25, 0.3) is 0 Å². The molecule has 0 aliphatic carbocycles. The van der Waals surface area contributed by atoms with E-state index >= 15 is 0 Å². The van der Waals surface area contributed by atoms with Crippen LogP contribution in [0.4, 0.5) is 0 Å². The highest BCUT2D eigenvalue weighted by atomic mass is 17.1. The van der Waals surface area contributed by atoms with Crippen molar-refractivity contribution >= 4 is 6.29 Å². The lowest BCUT2D eigenvalue weighted by molar-refractivity contribution is -0.267. The van der Waals surface area contributed by atoms with Gasteiger partial charge >= 0.3 is 0 Å². The smallest absolute Gasteiger partial charge is 0.119 e. The Bertz CT molecular complexity index is 272. The van der Waals surface area contributed by atoms with Crippen LogP contribution < -0.4 is 0 Å². The molecule has 0 aromatic carbocycles. The lowest BCUT2D eigenvalue weighted by Crippen LogP contribution is -2.06. The molecular formula is C18H32O3. The van der Waals surface area contributed by atoms with Crippen LogP contribution in [0.3, 0.4) is 0 Å². The van der Waals surface area contributed by atoms with Crippen molar-refractivity contribution in [3.05, 3.63) is 24.3 Å². The molecule has 0 saturated heterocycles. The van der Waals surface area contributed by atoms with Crippen LogP contribution in [-0.2, 0) is 9.68 Å². The summed E-state index contributed by atoms with van der Waals surface area (Å²) in [5.74, 6) is 0. The number of aldehydes is 1. The summed E-state index contributed by atoms with van der Waals surface area (Å²) in [6.07, 6.45) is 20.6. The molecular weight excluding hydrogens is 264 g/mol. The number of carbonyl (C=O) groups excluding carboxylic acids is 1. The summed E-state index contributed by atoms with van der Waals surface area (Å²) in [5.41, 5.74) is 0. The predicted molar refractivity (Wildman–Crippen MR) is 88.3 cm³/mol. The van der Waals surface area contributed by atoms with Gasteiger partial charge in [0.05, 0.1) is 0 Å². The molecule has 0 saturated carbocycles. The molecule has 0 aromatic rings. The normalized spacial score (nSPS) is 13.2. The highest BCUT2D eigenvalue weighted by Crippen LogP contribution is 2.10. The van der Waals surface area contributed by atoms with Gasteiger partial charge in [-0.3, -0.25) is 5.26 Å². The summed E-state index contributed by atoms with van der Waals surface area (Å²) in [7, 11) is 0. The molecule has 0 amide bonds. The maximum Gasteiger partial charge on any atom is 0.119 e. The molecule has 0 spiro atoms. The van der Waals surface area contributed by atoms with Gasteiger partial charge in [0.1, 0.15) is 12.4 Å². The zero-order valence-corrected chi connectivity index (χ0v) is 13.5.